The Morgan fingerprint density at radius 1 is 0.553 bits per heavy atom. The van der Waals surface area contributed by atoms with Crippen molar-refractivity contribution in [3.63, 3.8) is 0 Å². The molecule has 4 aromatic carbocycles. The Hall–Kier alpha value is -4.18. The van der Waals surface area contributed by atoms with Crippen LogP contribution in [-0.2, 0) is 13.1 Å². The van der Waals surface area contributed by atoms with Crippen molar-refractivity contribution in [1.29, 1.82) is 0 Å². The first-order valence-corrected chi connectivity index (χ1v) is 13.7. The summed E-state index contributed by atoms with van der Waals surface area (Å²) in [4.78, 5) is 27.9. The van der Waals surface area contributed by atoms with Crippen LogP contribution in [0.2, 0.25) is 0 Å². The number of hydrogen-bond acceptors (Lipinski definition) is 2. The average Bonchev–Trinajstić information content (AvgIpc) is 2.97. The molecule has 0 aliphatic rings. The van der Waals surface area contributed by atoms with E-state index in [0.717, 1.165) is 82.7 Å². The van der Waals surface area contributed by atoms with E-state index in [1.165, 1.54) is 0 Å². The van der Waals surface area contributed by atoms with Gasteiger partial charge in [-0.2, -0.15) is 0 Å². The van der Waals surface area contributed by atoms with Crippen LogP contribution in [0.3, 0.4) is 0 Å². The highest BCUT2D eigenvalue weighted by Gasteiger charge is 2.18. The van der Waals surface area contributed by atoms with Gasteiger partial charge in [0, 0.05) is 40.2 Å². The van der Waals surface area contributed by atoms with Gasteiger partial charge in [-0.05, 0) is 48.7 Å². The van der Waals surface area contributed by atoms with Crippen LogP contribution >= 0.6 is 0 Å². The van der Waals surface area contributed by atoms with E-state index >= 15 is 0 Å². The third-order valence-electron chi connectivity index (χ3n) is 7.73. The lowest BCUT2D eigenvalue weighted by Gasteiger charge is -2.20. The standard InChI is InChI=1S/C34H32N2O2/c1-3-5-19-35-29-18-11-10-15-25(29)33(37)27-22-31-28(21-30(27)35)34(38)26-17-12-16-24(23-13-8-7-9-14-23)32(26)36(31)20-6-4-2/h7-18,21-22H,3-6,19-20H2,1-2H3. The van der Waals surface area contributed by atoms with Crippen LogP contribution in [0.25, 0.3) is 54.7 Å². The van der Waals surface area contributed by atoms with Crippen molar-refractivity contribution in [1.82, 2.24) is 9.13 Å². The van der Waals surface area contributed by atoms with E-state index in [-0.39, 0.29) is 10.9 Å². The van der Waals surface area contributed by atoms with Crippen LogP contribution in [-0.4, -0.2) is 9.13 Å². The molecule has 0 bridgehead atoms. The summed E-state index contributed by atoms with van der Waals surface area (Å²) in [5, 5.41) is 2.79. The molecule has 0 spiro atoms. The van der Waals surface area contributed by atoms with Gasteiger partial charge in [-0.1, -0.05) is 81.3 Å². The highest BCUT2D eigenvalue weighted by atomic mass is 16.1. The predicted octanol–water partition coefficient (Wildman–Crippen LogP) is 7.89. The van der Waals surface area contributed by atoms with Crippen LogP contribution in [0, 0.1) is 0 Å². The van der Waals surface area contributed by atoms with E-state index in [1.807, 2.05) is 66.7 Å². The molecule has 0 aliphatic carbocycles. The zero-order chi connectivity index (χ0) is 26.2. The number of hydrogen-bond donors (Lipinski definition) is 0. The second kappa shape index (κ2) is 9.94. The van der Waals surface area contributed by atoms with Gasteiger partial charge < -0.3 is 9.13 Å². The van der Waals surface area contributed by atoms with Crippen molar-refractivity contribution in [3.8, 4) is 11.1 Å². The third-order valence-corrected chi connectivity index (χ3v) is 7.73. The van der Waals surface area contributed by atoms with Gasteiger partial charge in [0.05, 0.1) is 22.1 Å². The number of fused-ring (bicyclic) bond motifs is 4. The summed E-state index contributed by atoms with van der Waals surface area (Å²) in [5.74, 6) is 0. The molecule has 190 valence electrons. The molecule has 2 aromatic heterocycles. The van der Waals surface area contributed by atoms with Gasteiger partial charge >= 0.3 is 0 Å². The second-order valence-corrected chi connectivity index (χ2v) is 10.1. The largest absolute Gasteiger partial charge is 0.340 e. The van der Waals surface area contributed by atoms with Crippen molar-refractivity contribution in [3.05, 3.63) is 105 Å². The fourth-order valence-electron chi connectivity index (χ4n) is 5.80. The monoisotopic (exact) mass is 500 g/mol. The van der Waals surface area contributed by atoms with Crippen LogP contribution in [0.15, 0.2) is 94.5 Å². The van der Waals surface area contributed by atoms with Crippen molar-refractivity contribution in [2.75, 3.05) is 0 Å². The Balaban J connectivity index is 1.81. The van der Waals surface area contributed by atoms with Crippen LogP contribution < -0.4 is 10.9 Å². The van der Waals surface area contributed by atoms with E-state index < -0.39 is 0 Å². The number of unbranched alkanes of at least 4 members (excludes halogenated alkanes) is 2. The summed E-state index contributed by atoms with van der Waals surface area (Å²) < 4.78 is 4.51. The predicted molar refractivity (Wildman–Crippen MR) is 160 cm³/mol. The highest BCUT2D eigenvalue weighted by Crippen LogP contribution is 2.32. The van der Waals surface area contributed by atoms with Crippen molar-refractivity contribution in [2.45, 2.75) is 52.6 Å². The lowest BCUT2D eigenvalue weighted by molar-refractivity contribution is 0.660. The van der Waals surface area contributed by atoms with Crippen LogP contribution in [0.4, 0.5) is 0 Å². The minimum atomic E-state index is 0.0186. The zero-order valence-electron chi connectivity index (χ0n) is 22.0. The molecule has 0 atom stereocenters. The number of nitrogens with zero attached hydrogens (tertiary/aromatic N) is 2. The maximum absolute atomic E-state index is 14.1. The van der Waals surface area contributed by atoms with Gasteiger partial charge in [0.1, 0.15) is 0 Å². The van der Waals surface area contributed by atoms with E-state index in [2.05, 4.69) is 41.2 Å². The van der Waals surface area contributed by atoms with Crippen LogP contribution in [0.1, 0.15) is 39.5 Å². The Morgan fingerprint density at radius 3 is 1.84 bits per heavy atom. The molecule has 0 N–H and O–H groups in total. The number of aromatic nitrogens is 2. The molecule has 2 heterocycles. The molecular formula is C34H32N2O2. The van der Waals surface area contributed by atoms with Gasteiger partial charge in [0.15, 0.2) is 10.9 Å². The fraction of sp³-hybridized carbons (Fsp3) is 0.235. The summed E-state index contributed by atoms with van der Waals surface area (Å²) in [6.45, 7) is 5.93. The van der Waals surface area contributed by atoms with E-state index in [4.69, 9.17) is 0 Å². The van der Waals surface area contributed by atoms with Gasteiger partial charge in [0.25, 0.3) is 0 Å². The number of aryl methyl sites for hydroxylation is 2. The highest BCUT2D eigenvalue weighted by molar-refractivity contribution is 6.06. The Labute approximate surface area is 221 Å². The quantitative estimate of drug-likeness (QED) is 0.209. The molecule has 0 unspecified atom stereocenters. The molecule has 0 fully saturated rings. The normalized spacial score (nSPS) is 11.7. The minimum absolute atomic E-state index is 0.0186. The van der Waals surface area contributed by atoms with Crippen molar-refractivity contribution < 1.29 is 0 Å². The van der Waals surface area contributed by atoms with E-state index in [9.17, 15) is 9.59 Å². The molecule has 4 heteroatoms. The molecule has 0 radical (unpaired) electrons. The number of pyridine rings is 2. The van der Waals surface area contributed by atoms with E-state index in [0.29, 0.717) is 10.8 Å². The Morgan fingerprint density at radius 2 is 1.13 bits per heavy atom. The van der Waals surface area contributed by atoms with Gasteiger partial charge in [0.2, 0.25) is 0 Å². The van der Waals surface area contributed by atoms with E-state index in [1.54, 1.807) is 0 Å². The Kier molecular flexibility index (Phi) is 6.32. The fourth-order valence-corrected chi connectivity index (χ4v) is 5.80. The summed E-state index contributed by atoms with van der Waals surface area (Å²) in [6, 6.07) is 28.1. The first kappa shape index (κ1) is 24.2. The second-order valence-electron chi connectivity index (χ2n) is 10.1. The molecular weight excluding hydrogens is 468 g/mol. The SMILES string of the molecule is CCCCn1c2ccccc2c(=O)c2cc3c(cc21)c(=O)c1cccc(-c2ccccc2)c1n3CCCC. The molecule has 6 rings (SSSR count). The first-order valence-electron chi connectivity index (χ1n) is 13.7. The first-order chi connectivity index (χ1) is 18.6. The van der Waals surface area contributed by atoms with Crippen LogP contribution in [0.5, 0.6) is 0 Å². The van der Waals surface area contributed by atoms with Gasteiger partial charge in [-0.3, -0.25) is 9.59 Å². The average molecular weight is 501 g/mol. The summed E-state index contributed by atoms with van der Waals surface area (Å²) in [6.07, 6.45) is 4.06. The summed E-state index contributed by atoms with van der Waals surface area (Å²) in [5.41, 5.74) is 5.70. The zero-order valence-corrected chi connectivity index (χ0v) is 22.0. The third kappa shape index (κ3) is 3.83. The topological polar surface area (TPSA) is 44.0 Å². The van der Waals surface area contributed by atoms with Gasteiger partial charge in [-0.25, -0.2) is 0 Å². The molecule has 0 saturated heterocycles. The lowest BCUT2D eigenvalue weighted by Crippen LogP contribution is -2.16. The molecule has 0 aliphatic heterocycles. The maximum atomic E-state index is 14.1. The van der Waals surface area contributed by atoms with Crippen molar-refractivity contribution in [2.24, 2.45) is 0 Å². The number of rotatable bonds is 7. The maximum Gasteiger partial charge on any atom is 0.197 e. The Bertz CT molecular complexity index is 1930. The molecule has 6 aromatic rings. The summed E-state index contributed by atoms with van der Waals surface area (Å²) >= 11 is 0. The molecule has 0 amide bonds. The number of benzene rings is 4. The molecule has 0 saturated carbocycles. The van der Waals surface area contributed by atoms with Crippen molar-refractivity contribution >= 4 is 43.6 Å². The smallest absolute Gasteiger partial charge is 0.197 e. The summed E-state index contributed by atoms with van der Waals surface area (Å²) in [7, 11) is 0. The lowest BCUT2D eigenvalue weighted by atomic mass is 9.98. The van der Waals surface area contributed by atoms with Gasteiger partial charge in [-0.15, -0.1) is 0 Å². The number of para-hydroxylation sites is 2. The molecule has 38 heavy (non-hydrogen) atoms. The minimum Gasteiger partial charge on any atom is -0.340 e. The molecule has 4 nitrogen and oxygen atoms in total.